The number of aliphatic carboxylic acids is 1. The number of aryl methyl sites for hydroxylation is 1. The van der Waals surface area contributed by atoms with E-state index in [1.807, 2.05) is 66.4 Å². The van der Waals surface area contributed by atoms with Crippen molar-refractivity contribution in [2.75, 3.05) is 23.4 Å². The number of carboxylic acids is 1. The molecule has 1 aliphatic rings. The van der Waals surface area contributed by atoms with Crippen molar-refractivity contribution in [3.63, 3.8) is 0 Å². The maximum atomic E-state index is 13.4. The van der Waals surface area contributed by atoms with E-state index in [0.29, 0.717) is 35.7 Å². The molecule has 44 heavy (non-hydrogen) atoms. The van der Waals surface area contributed by atoms with Crippen LogP contribution in [0.3, 0.4) is 0 Å². The number of carbonyl (C=O) groups excluding carboxylic acids is 2. The summed E-state index contributed by atoms with van der Waals surface area (Å²) < 4.78 is 6.03. The quantitative estimate of drug-likeness (QED) is 0.164. The molecular weight excluding hydrogens is 552 g/mol. The second kappa shape index (κ2) is 14.5. The molecule has 0 bridgehead atoms. The molecule has 1 amide bonds. The second-order valence-electron chi connectivity index (χ2n) is 11.2. The average molecular weight is 591 g/mol. The molecule has 1 atom stereocenters. The molecule has 4 aromatic carbocycles. The van der Waals surface area contributed by atoms with Gasteiger partial charge < -0.3 is 20.1 Å². The fraction of sp³-hybridized carbons (Fsp3) is 0.270. The summed E-state index contributed by atoms with van der Waals surface area (Å²) in [7, 11) is 0. The van der Waals surface area contributed by atoms with E-state index < -0.39 is 12.0 Å². The first kappa shape index (κ1) is 30.5. The molecule has 7 heteroatoms. The van der Waals surface area contributed by atoms with Crippen LogP contribution in [0.25, 0.3) is 0 Å². The maximum Gasteiger partial charge on any atom is 0.326 e. The van der Waals surface area contributed by atoms with Gasteiger partial charge in [-0.05, 0) is 61.2 Å². The van der Waals surface area contributed by atoms with Crippen LogP contribution >= 0.6 is 0 Å². The number of anilines is 2. The number of carbonyl (C=O) groups is 3. The largest absolute Gasteiger partial charge is 0.492 e. The predicted octanol–water partition coefficient (Wildman–Crippen LogP) is 6.94. The summed E-state index contributed by atoms with van der Waals surface area (Å²) in [6, 6.07) is 30.2. The zero-order valence-electron chi connectivity index (χ0n) is 24.9. The Hall–Kier alpha value is -4.91. The number of benzene rings is 4. The Morgan fingerprint density at radius 2 is 1.52 bits per heavy atom. The molecule has 0 aromatic heterocycles. The molecule has 0 spiro atoms. The summed E-state index contributed by atoms with van der Waals surface area (Å²) in [6.45, 7) is 2.79. The Morgan fingerprint density at radius 1 is 0.864 bits per heavy atom. The van der Waals surface area contributed by atoms with Gasteiger partial charge in [0.2, 0.25) is 5.91 Å². The fourth-order valence-corrected chi connectivity index (χ4v) is 5.76. The normalized spacial score (nSPS) is 13.7. The third-order valence-electron chi connectivity index (χ3n) is 8.16. The van der Waals surface area contributed by atoms with Gasteiger partial charge >= 0.3 is 5.97 Å². The van der Waals surface area contributed by atoms with Crippen molar-refractivity contribution < 1.29 is 24.2 Å². The lowest BCUT2D eigenvalue weighted by molar-refractivity contribution is -0.137. The predicted molar refractivity (Wildman–Crippen MR) is 172 cm³/mol. The van der Waals surface area contributed by atoms with Gasteiger partial charge in [-0.1, -0.05) is 85.6 Å². The van der Waals surface area contributed by atoms with Crippen molar-refractivity contribution in [1.29, 1.82) is 0 Å². The number of rotatable bonds is 13. The lowest BCUT2D eigenvalue weighted by atomic mass is 10.00. The number of nitrogens with zero attached hydrogens (tertiary/aromatic N) is 1. The minimum atomic E-state index is -1.02. The highest BCUT2D eigenvalue weighted by Crippen LogP contribution is 2.30. The number of nitrogens with one attached hydrogen (secondary N) is 1. The first-order valence-corrected chi connectivity index (χ1v) is 15.2. The Kier molecular flexibility index (Phi) is 10.1. The molecule has 0 radical (unpaired) electrons. The minimum Gasteiger partial charge on any atom is -0.492 e. The third kappa shape index (κ3) is 7.53. The third-order valence-corrected chi connectivity index (χ3v) is 8.16. The van der Waals surface area contributed by atoms with E-state index in [9.17, 15) is 19.5 Å². The zero-order valence-corrected chi connectivity index (χ0v) is 24.9. The molecule has 1 saturated carbocycles. The molecule has 1 fully saturated rings. The first-order chi connectivity index (χ1) is 21.4. The monoisotopic (exact) mass is 590 g/mol. The van der Waals surface area contributed by atoms with Crippen molar-refractivity contribution in [2.24, 2.45) is 5.92 Å². The summed E-state index contributed by atoms with van der Waals surface area (Å²) in [5, 5.41) is 13.1. The van der Waals surface area contributed by atoms with Crippen LogP contribution in [0.15, 0.2) is 103 Å². The molecule has 226 valence electrons. The Labute approximate surface area is 258 Å². The molecular formula is C37H38N2O5. The lowest BCUT2D eigenvalue weighted by Crippen LogP contribution is -2.38. The minimum absolute atomic E-state index is 0.0631. The number of hydrogen-bond acceptors (Lipinski definition) is 5. The van der Waals surface area contributed by atoms with Gasteiger partial charge in [-0.15, -0.1) is 0 Å². The average Bonchev–Trinajstić information content (AvgIpc) is 3.59. The van der Waals surface area contributed by atoms with E-state index in [1.165, 1.54) is 0 Å². The van der Waals surface area contributed by atoms with Gasteiger partial charge in [-0.25, -0.2) is 4.79 Å². The molecule has 1 aliphatic carbocycles. The van der Waals surface area contributed by atoms with Crippen molar-refractivity contribution >= 4 is 29.0 Å². The van der Waals surface area contributed by atoms with Crippen LogP contribution in [-0.4, -0.2) is 42.0 Å². The van der Waals surface area contributed by atoms with Crippen LogP contribution in [-0.2, 0) is 16.0 Å². The summed E-state index contributed by atoms with van der Waals surface area (Å²) in [5.74, 6) is -0.325. The topological polar surface area (TPSA) is 95.9 Å². The SMILES string of the molecule is Cc1ccccc1N(CCOc1ccc(C[C@H](Nc2ccccc2C(=O)c2ccccc2)C(=O)O)cc1)C(=O)C1CCCC1. The van der Waals surface area contributed by atoms with Gasteiger partial charge in [0.25, 0.3) is 0 Å². The Balaban J connectivity index is 1.22. The standard InChI is InChI=1S/C37H38N2O5/c1-26-11-5-10-18-34(26)39(36(41)29-14-6-7-15-29)23-24-44-30-21-19-27(20-22-30)25-33(37(42)43)38-32-17-9-8-16-31(32)35(40)28-12-3-2-4-13-28/h2-5,8-13,16-22,29,33,38H,6-7,14-15,23-25H2,1H3,(H,42,43)/t33-/m0/s1. The van der Waals surface area contributed by atoms with Gasteiger partial charge in [-0.2, -0.15) is 0 Å². The second-order valence-corrected chi connectivity index (χ2v) is 11.2. The molecule has 0 heterocycles. The number of para-hydroxylation sites is 2. The van der Waals surface area contributed by atoms with Gasteiger partial charge in [-0.3, -0.25) is 9.59 Å². The Bertz CT molecular complexity index is 1580. The van der Waals surface area contributed by atoms with Gasteiger partial charge in [0.05, 0.1) is 6.54 Å². The lowest BCUT2D eigenvalue weighted by Gasteiger charge is -2.27. The van der Waals surface area contributed by atoms with Crippen LogP contribution in [0.5, 0.6) is 5.75 Å². The van der Waals surface area contributed by atoms with E-state index in [1.54, 1.807) is 48.5 Å². The number of amides is 1. The van der Waals surface area contributed by atoms with Crippen molar-refractivity contribution in [3.05, 3.63) is 125 Å². The highest BCUT2D eigenvalue weighted by atomic mass is 16.5. The Morgan fingerprint density at radius 3 is 2.23 bits per heavy atom. The summed E-state index contributed by atoms with van der Waals surface area (Å²) in [6.07, 6.45) is 4.27. The molecule has 5 rings (SSSR count). The molecule has 0 aliphatic heterocycles. The highest BCUT2D eigenvalue weighted by Gasteiger charge is 2.29. The van der Waals surface area contributed by atoms with Crippen LogP contribution in [0, 0.1) is 12.8 Å². The van der Waals surface area contributed by atoms with Crippen molar-refractivity contribution in [1.82, 2.24) is 0 Å². The molecule has 0 unspecified atom stereocenters. The summed E-state index contributed by atoms with van der Waals surface area (Å²) in [4.78, 5) is 40.6. The van der Waals surface area contributed by atoms with Crippen molar-refractivity contribution in [3.8, 4) is 5.75 Å². The smallest absolute Gasteiger partial charge is 0.326 e. The fourth-order valence-electron chi connectivity index (χ4n) is 5.76. The van der Waals surface area contributed by atoms with Crippen LogP contribution in [0.2, 0.25) is 0 Å². The molecule has 7 nitrogen and oxygen atoms in total. The number of carboxylic acid groups (broad SMARTS) is 1. The number of hydrogen-bond donors (Lipinski definition) is 2. The van der Waals surface area contributed by atoms with Gasteiger partial charge in [0.1, 0.15) is 18.4 Å². The van der Waals surface area contributed by atoms with Gasteiger partial charge in [0, 0.05) is 34.8 Å². The highest BCUT2D eigenvalue weighted by molar-refractivity contribution is 6.12. The van der Waals surface area contributed by atoms with Gasteiger partial charge in [0.15, 0.2) is 5.78 Å². The zero-order chi connectivity index (χ0) is 30.9. The van der Waals surface area contributed by atoms with E-state index in [4.69, 9.17) is 4.74 Å². The number of ketones is 1. The van der Waals surface area contributed by atoms with E-state index in [2.05, 4.69) is 5.32 Å². The van der Waals surface area contributed by atoms with Crippen LogP contribution in [0.4, 0.5) is 11.4 Å². The maximum absolute atomic E-state index is 13.4. The van der Waals surface area contributed by atoms with Crippen LogP contribution in [0.1, 0.15) is 52.7 Å². The molecule has 4 aromatic rings. The molecule has 2 N–H and O–H groups in total. The van der Waals surface area contributed by atoms with E-state index >= 15 is 0 Å². The van der Waals surface area contributed by atoms with E-state index in [-0.39, 0.29) is 24.0 Å². The molecule has 0 saturated heterocycles. The first-order valence-electron chi connectivity index (χ1n) is 15.2. The summed E-state index contributed by atoms with van der Waals surface area (Å²) >= 11 is 0. The van der Waals surface area contributed by atoms with Crippen molar-refractivity contribution in [2.45, 2.75) is 45.1 Å². The summed E-state index contributed by atoms with van der Waals surface area (Å²) in [5.41, 5.74) is 4.20. The van der Waals surface area contributed by atoms with E-state index in [0.717, 1.165) is 42.5 Å². The van der Waals surface area contributed by atoms with Crippen LogP contribution < -0.4 is 15.0 Å². The number of ether oxygens (including phenoxy) is 1.